The monoisotopic (exact) mass is 377 g/mol. The van der Waals surface area contributed by atoms with Crippen molar-refractivity contribution in [3.8, 4) is 0 Å². The fraction of sp³-hybridized carbons (Fsp3) is 0.812. The topological polar surface area (TPSA) is 171 Å². The Kier molecular flexibility index (Phi) is 10.8. The fourth-order valence-electron chi connectivity index (χ4n) is 2.13. The van der Waals surface area contributed by atoms with Crippen molar-refractivity contribution in [3.63, 3.8) is 0 Å². The van der Waals surface area contributed by atoms with Crippen molar-refractivity contribution in [1.82, 2.24) is 10.6 Å². The van der Waals surface area contributed by atoms with Crippen LogP contribution in [0.3, 0.4) is 0 Å². The first-order chi connectivity index (χ1) is 12.0. The Bertz CT molecular complexity index is 465. The molecule has 10 heteroatoms. The van der Waals surface area contributed by atoms with Gasteiger partial charge in [0.05, 0.1) is 11.6 Å². The van der Waals surface area contributed by atoms with E-state index in [0.29, 0.717) is 25.8 Å². The molecule has 0 aromatic carbocycles. The number of unbranched alkanes of at least 4 members (excludes halogenated alkanes) is 1. The molecule has 0 radical (unpaired) electrons. The van der Waals surface area contributed by atoms with Crippen LogP contribution in [0.5, 0.6) is 0 Å². The van der Waals surface area contributed by atoms with Gasteiger partial charge in [0, 0.05) is 6.42 Å². The van der Waals surface area contributed by atoms with Crippen molar-refractivity contribution in [1.29, 1.82) is 0 Å². The Balaban J connectivity index is 4.85. The van der Waals surface area contributed by atoms with Crippen LogP contribution in [-0.2, 0) is 14.3 Å². The lowest BCUT2D eigenvalue weighted by molar-refractivity contribution is -0.179. The summed E-state index contributed by atoms with van der Waals surface area (Å²) in [5.74, 6) is -2.50. The molecule has 0 rings (SSSR count). The first-order valence-corrected chi connectivity index (χ1v) is 8.54. The third-order valence-corrected chi connectivity index (χ3v) is 3.35. The number of rotatable bonds is 12. The third-order valence-electron chi connectivity index (χ3n) is 3.35. The van der Waals surface area contributed by atoms with Gasteiger partial charge in [-0.1, -0.05) is 0 Å². The number of carbonyl (C=O) groups is 3. The zero-order chi connectivity index (χ0) is 20.3. The number of nitrogens with one attached hydrogen (secondary N) is 2. The number of carboxylic acid groups (broad SMARTS) is 2. The molecule has 26 heavy (non-hydrogen) atoms. The van der Waals surface area contributed by atoms with E-state index in [-0.39, 0.29) is 6.42 Å². The summed E-state index contributed by atoms with van der Waals surface area (Å²) in [5.41, 5.74) is 4.80. The molecule has 1 unspecified atom stereocenters. The molecule has 0 saturated carbocycles. The van der Waals surface area contributed by atoms with E-state index in [1.807, 2.05) is 0 Å². The van der Waals surface area contributed by atoms with Crippen LogP contribution in [0.2, 0.25) is 0 Å². The highest BCUT2D eigenvalue weighted by atomic mass is 16.6. The molecule has 3 atom stereocenters. The van der Waals surface area contributed by atoms with E-state index in [1.54, 1.807) is 20.8 Å². The van der Waals surface area contributed by atoms with Gasteiger partial charge in [-0.25, -0.2) is 9.59 Å². The summed E-state index contributed by atoms with van der Waals surface area (Å²) in [6.07, 6.45) is -0.231. The van der Waals surface area contributed by atoms with Crippen LogP contribution in [0.1, 0.15) is 52.9 Å². The molecule has 0 fully saturated rings. The Morgan fingerprint density at radius 2 is 1.69 bits per heavy atom. The summed E-state index contributed by atoms with van der Waals surface area (Å²) in [6.45, 7) is 5.71. The number of urea groups is 1. The van der Waals surface area contributed by atoms with Crippen molar-refractivity contribution >= 4 is 18.0 Å². The van der Waals surface area contributed by atoms with Crippen molar-refractivity contribution < 1.29 is 34.4 Å². The van der Waals surface area contributed by atoms with Crippen LogP contribution in [0.15, 0.2) is 0 Å². The molecule has 0 heterocycles. The summed E-state index contributed by atoms with van der Waals surface area (Å²) in [7, 11) is 0. The second-order valence-corrected chi connectivity index (χ2v) is 6.95. The molecule has 0 saturated heterocycles. The minimum atomic E-state index is -1.35. The standard InChI is InChI=1S/C16H31N3O7/c1-16(2,3)26-14(24)11(6-4-5-9-17)19-15(25)18-10(13(22)23)7-8-12(20)21/h10-11,14,24H,4-9,17H2,1-3H3,(H,20,21)(H,22,23)(H2,18,19,25)/t10-,11-,14?/m0/s1. The van der Waals surface area contributed by atoms with Crippen LogP contribution in [0.4, 0.5) is 4.79 Å². The summed E-state index contributed by atoms with van der Waals surface area (Å²) in [4.78, 5) is 33.8. The number of amides is 2. The predicted molar refractivity (Wildman–Crippen MR) is 93.5 cm³/mol. The maximum Gasteiger partial charge on any atom is 0.326 e. The first kappa shape index (κ1) is 24.1. The van der Waals surface area contributed by atoms with Crippen LogP contribution in [0.25, 0.3) is 0 Å². The van der Waals surface area contributed by atoms with Crippen molar-refractivity contribution in [2.45, 2.75) is 76.9 Å². The first-order valence-electron chi connectivity index (χ1n) is 8.54. The van der Waals surface area contributed by atoms with Gasteiger partial charge in [0.25, 0.3) is 0 Å². The zero-order valence-electron chi connectivity index (χ0n) is 15.5. The maximum atomic E-state index is 12.1. The molecule has 0 aromatic heterocycles. The van der Waals surface area contributed by atoms with Crippen molar-refractivity contribution in [2.75, 3.05) is 6.54 Å². The van der Waals surface area contributed by atoms with Crippen LogP contribution < -0.4 is 16.4 Å². The Morgan fingerprint density at radius 1 is 1.08 bits per heavy atom. The molecule has 0 aliphatic heterocycles. The molecular weight excluding hydrogens is 346 g/mol. The molecule has 7 N–H and O–H groups in total. The highest BCUT2D eigenvalue weighted by molar-refractivity contribution is 5.83. The smallest absolute Gasteiger partial charge is 0.326 e. The van der Waals surface area contributed by atoms with E-state index in [9.17, 15) is 19.5 Å². The molecule has 152 valence electrons. The van der Waals surface area contributed by atoms with Gasteiger partial charge in [0.2, 0.25) is 0 Å². The number of carbonyl (C=O) groups excluding carboxylic acids is 1. The Labute approximate surface area is 153 Å². The van der Waals surface area contributed by atoms with Gasteiger partial charge in [0.15, 0.2) is 6.29 Å². The van der Waals surface area contributed by atoms with Gasteiger partial charge in [-0.05, 0) is 53.0 Å². The highest BCUT2D eigenvalue weighted by Gasteiger charge is 2.28. The van der Waals surface area contributed by atoms with Gasteiger partial charge in [-0.15, -0.1) is 0 Å². The van der Waals surface area contributed by atoms with E-state index >= 15 is 0 Å². The van der Waals surface area contributed by atoms with E-state index in [4.69, 9.17) is 20.7 Å². The van der Waals surface area contributed by atoms with Gasteiger partial charge < -0.3 is 36.4 Å². The molecule has 0 bridgehead atoms. The quantitative estimate of drug-likeness (QED) is 0.207. The summed E-state index contributed by atoms with van der Waals surface area (Å²) in [5, 5.41) is 32.6. The minimum Gasteiger partial charge on any atom is -0.481 e. The van der Waals surface area contributed by atoms with Crippen LogP contribution in [0, 0.1) is 0 Å². The molecule has 0 spiro atoms. The summed E-state index contributed by atoms with van der Waals surface area (Å²) < 4.78 is 5.45. The van der Waals surface area contributed by atoms with E-state index in [0.717, 1.165) is 0 Å². The fourth-order valence-corrected chi connectivity index (χ4v) is 2.13. The van der Waals surface area contributed by atoms with E-state index in [2.05, 4.69) is 10.6 Å². The number of hydrogen-bond acceptors (Lipinski definition) is 6. The Hall–Kier alpha value is -1.91. The van der Waals surface area contributed by atoms with Gasteiger partial charge >= 0.3 is 18.0 Å². The lowest BCUT2D eigenvalue weighted by Gasteiger charge is -2.30. The number of aliphatic hydroxyl groups excluding tert-OH is 1. The predicted octanol–water partition coefficient (Wildman–Crippen LogP) is 0.235. The average Bonchev–Trinajstić information content (AvgIpc) is 2.48. The molecular formula is C16H31N3O7. The van der Waals surface area contributed by atoms with Gasteiger partial charge in [-0.3, -0.25) is 4.79 Å². The van der Waals surface area contributed by atoms with E-state index < -0.39 is 48.4 Å². The van der Waals surface area contributed by atoms with Gasteiger partial charge in [0.1, 0.15) is 6.04 Å². The number of nitrogens with two attached hydrogens (primary N) is 1. The minimum absolute atomic E-state index is 0.253. The van der Waals surface area contributed by atoms with Crippen molar-refractivity contribution in [3.05, 3.63) is 0 Å². The number of aliphatic carboxylic acids is 2. The van der Waals surface area contributed by atoms with Crippen LogP contribution >= 0.6 is 0 Å². The zero-order valence-corrected chi connectivity index (χ0v) is 15.5. The molecule has 2 amide bonds. The normalized spacial score (nSPS) is 15.0. The lowest BCUT2D eigenvalue weighted by atomic mass is 10.1. The molecule has 0 aliphatic carbocycles. The molecule has 0 aromatic rings. The largest absolute Gasteiger partial charge is 0.481 e. The number of ether oxygens (including phenoxy) is 1. The summed E-state index contributed by atoms with van der Waals surface area (Å²) >= 11 is 0. The third kappa shape index (κ3) is 11.6. The lowest BCUT2D eigenvalue weighted by Crippen LogP contribution is -2.53. The average molecular weight is 377 g/mol. The highest BCUT2D eigenvalue weighted by Crippen LogP contribution is 2.15. The second kappa shape index (κ2) is 11.7. The second-order valence-electron chi connectivity index (χ2n) is 6.95. The summed E-state index contributed by atoms with van der Waals surface area (Å²) in [6, 6.07) is -2.94. The van der Waals surface area contributed by atoms with Crippen LogP contribution in [-0.4, -0.2) is 63.8 Å². The SMILES string of the molecule is CC(C)(C)OC(O)[C@H](CCCCN)NC(=O)N[C@@H](CCC(=O)O)C(=O)O. The molecule has 0 aliphatic rings. The number of carboxylic acids is 2. The number of aliphatic hydroxyl groups is 1. The maximum absolute atomic E-state index is 12.1. The molecule has 10 nitrogen and oxygen atoms in total. The number of hydrogen-bond donors (Lipinski definition) is 6. The van der Waals surface area contributed by atoms with Crippen molar-refractivity contribution in [2.24, 2.45) is 5.73 Å². The Morgan fingerprint density at radius 3 is 2.15 bits per heavy atom. The van der Waals surface area contributed by atoms with Gasteiger partial charge in [-0.2, -0.15) is 0 Å². The van der Waals surface area contributed by atoms with E-state index in [1.165, 1.54) is 0 Å².